The summed E-state index contributed by atoms with van der Waals surface area (Å²) in [4.78, 5) is 27.5. The molecule has 2 aromatic rings. The van der Waals surface area contributed by atoms with Crippen molar-refractivity contribution in [2.75, 3.05) is 33.3 Å². The van der Waals surface area contributed by atoms with Crippen LogP contribution in [0.25, 0.3) is 5.57 Å². The second-order valence-corrected chi connectivity index (χ2v) is 13.1. The number of likely N-dealkylation sites (tertiary alicyclic amines) is 1. The lowest BCUT2D eigenvalue weighted by atomic mass is 9.90. The predicted molar refractivity (Wildman–Crippen MR) is 171 cm³/mol. The van der Waals surface area contributed by atoms with Gasteiger partial charge in [0.25, 0.3) is 0 Å². The quantitative estimate of drug-likeness (QED) is 0.364. The van der Waals surface area contributed by atoms with Gasteiger partial charge in [-0.2, -0.15) is 0 Å². The third kappa shape index (κ3) is 12.2. The molecule has 0 unspecified atom stereocenters. The second-order valence-electron chi connectivity index (χ2n) is 12.2. The van der Waals surface area contributed by atoms with Crippen LogP contribution in [0, 0.1) is 0 Å². The van der Waals surface area contributed by atoms with E-state index in [1.807, 2.05) is 77.9 Å². The Balaban J connectivity index is 0.000000277. The molecule has 0 bridgehead atoms. The summed E-state index contributed by atoms with van der Waals surface area (Å²) in [7, 11) is 1.00. The van der Waals surface area contributed by atoms with E-state index in [4.69, 9.17) is 37.8 Å². The van der Waals surface area contributed by atoms with Gasteiger partial charge in [-0.25, -0.2) is 9.59 Å². The third-order valence-electron chi connectivity index (χ3n) is 6.56. The molecular weight excluding hydrogens is 575 g/mol. The van der Waals surface area contributed by atoms with Crippen LogP contribution in [0.5, 0.6) is 0 Å². The van der Waals surface area contributed by atoms with Crippen LogP contribution < -0.4 is 0 Å². The third-order valence-corrected chi connectivity index (χ3v) is 7.07. The lowest BCUT2D eigenvalue weighted by Crippen LogP contribution is -2.41. The monoisotopic (exact) mass is 620 g/mol. The van der Waals surface area contributed by atoms with Gasteiger partial charge in [0.2, 0.25) is 0 Å². The molecule has 0 atom stereocenters. The number of piperidine rings is 1. The number of hydrogen-bond acceptors (Lipinski definition) is 5. The Hall–Kier alpha value is -2.74. The number of aliphatic hydroxyl groups is 1. The van der Waals surface area contributed by atoms with Crippen molar-refractivity contribution in [1.82, 2.24) is 9.80 Å². The zero-order valence-electron chi connectivity index (χ0n) is 26.0. The molecule has 4 rings (SSSR count). The van der Waals surface area contributed by atoms with Crippen molar-refractivity contribution >= 4 is 41.0 Å². The number of carbonyl (C=O) groups excluding carboxylic acids is 2. The first-order chi connectivity index (χ1) is 19.7. The summed E-state index contributed by atoms with van der Waals surface area (Å²) in [6, 6.07) is 15.8. The highest BCUT2D eigenvalue weighted by Crippen LogP contribution is 2.29. The van der Waals surface area contributed by atoms with E-state index < -0.39 is 11.2 Å². The van der Waals surface area contributed by atoms with Gasteiger partial charge in [0, 0.05) is 43.3 Å². The number of amides is 2. The Labute approximate surface area is 261 Å². The summed E-state index contributed by atoms with van der Waals surface area (Å²) in [6.07, 6.45) is 4.41. The number of carbonyl (C=O) groups is 2. The fourth-order valence-electron chi connectivity index (χ4n) is 4.54. The molecule has 2 aromatic carbocycles. The van der Waals surface area contributed by atoms with Crippen molar-refractivity contribution in [2.45, 2.75) is 77.9 Å². The topological polar surface area (TPSA) is 79.3 Å². The summed E-state index contributed by atoms with van der Waals surface area (Å²) in [5, 5.41) is 8.50. The van der Waals surface area contributed by atoms with E-state index in [0.717, 1.165) is 49.5 Å². The average Bonchev–Trinajstić information content (AvgIpc) is 2.94. The standard InChI is InChI=1S/C16H22ClNO2.C16H20ClNO2.CH4O/c2*1-16(2,3)20-15(19)18-10-8-13(9-11-18)12-4-6-14(17)7-5-12;1-2/h4-7,13H,8-11H2,1-3H3;4-8H,9-11H2,1-3H3;2H,1H3. The van der Waals surface area contributed by atoms with Crippen molar-refractivity contribution in [1.29, 1.82) is 0 Å². The van der Waals surface area contributed by atoms with Crippen molar-refractivity contribution < 1.29 is 24.2 Å². The minimum atomic E-state index is -0.447. The van der Waals surface area contributed by atoms with E-state index >= 15 is 0 Å². The summed E-state index contributed by atoms with van der Waals surface area (Å²) < 4.78 is 10.8. The van der Waals surface area contributed by atoms with E-state index in [2.05, 4.69) is 18.2 Å². The van der Waals surface area contributed by atoms with Crippen LogP contribution >= 0.6 is 23.2 Å². The number of nitrogens with zero attached hydrogens (tertiary/aromatic N) is 2. The number of ether oxygens (including phenoxy) is 2. The number of aliphatic hydroxyl groups excluding tert-OH is 1. The maximum absolute atomic E-state index is 12.0. The largest absolute Gasteiger partial charge is 0.444 e. The molecule has 2 aliphatic rings. The molecule has 2 aliphatic heterocycles. The zero-order valence-corrected chi connectivity index (χ0v) is 27.5. The van der Waals surface area contributed by atoms with Gasteiger partial charge in [-0.3, -0.25) is 0 Å². The molecule has 2 amide bonds. The molecule has 42 heavy (non-hydrogen) atoms. The first-order valence-corrected chi connectivity index (χ1v) is 15.1. The van der Waals surface area contributed by atoms with Crippen LogP contribution in [0.4, 0.5) is 9.59 Å². The van der Waals surface area contributed by atoms with Crippen LogP contribution in [-0.4, -0.2) is 71.6 Å². The molecule has 2 heterocycles. The van der Waals surface area contributed by atoms with Crippen molar-refractivity contribution in [3.63, 3.8) is 0 Å². The Morgan fingerprint density at radius 1 is 0.738 bits per heavy atom. The van der Waals surface area contributed by atoms with E-state index in [1.165, 1.54) is 16.7 Å². The van der Waals surface area contributed by atoms with Gasteiger partial charge in [-0.05, 0) is 108 Å². The number of benzene rings is 2. The minimum Gasteiger partial charge on any atom is -0.444 e. The Kier molecular flexibility index (Phi) is 13.7. The molecule has 0 aliphatic carbocycles. The first kappa shape index (κ1) is 35.5. The van der Waals surface area contributed by atoms with E-state index in [-0.39, 0.29) is 12.2 Å². The number of rotatable bonds is 2. The molecule has 1 N–H and O–H groups in total. The van der Waals surface area contributed by atoms with Crippen molar-refractivity contribution in [3.05, 3.63) is 75.8 Å². The maximum atomic E-state index is 12.0. The first-order valence-electron chi connectivity index (χ1n) is 14.3. The van der Waals surface area contributed by atoms with Gasteiger partial charge < -0.3 is 24.4 Å². The molecule has 1 fully saturated rings. The summed E-state index contributed by atoms with van der Waals surface area (Å²) in [5.41, 5.74) is 2.85. The Morgan fingerprint density at radius 3 is 1.62 bits per heavy atom. The SMILES string of the molecule is CC(C)(C)OC(=O)N1CC=C(c2ccc(Cl)cc2)CC1.CC(C)(C)OC(=O)N1CCC(c2ccc(Cl)cc2)CC1.CO. The van der Waals surface area contributed by atoms with E-state index in [0.29, 0.717) is 19.0 Å². The normalized spacial score (nSPS) is 15.8. The Morgan fingerprint density at radius 2 is 1.19 bits per heavy atom. The molecular formula is C33H46Cl2N2O5. The molecule has 0 spiro atoms. The van der Waals surface area contributed by atoms with Crippen molar-refractivity contribution in [3.8, 4) is 0 Å². The summed E-state index contributed by atoms with van der Waals surface area (Å²) in [6.45, 7) is 14.1. The molecule has 232 valence electrons. The maximum Gasteiger partial charge on any atom is 0.410 e. The Bertz CT molecular complexity index is 1160. The molecule has 9 heteroatoms. The molecule has 0 saturated carbocycles. The smallest absolute Gasteiger partial charge is 0.410 e. The van der Waals surface area contributed by atoms with Gasteiger partial charge in [0.15, 0.2) is 0 Å². The number of hydrogen-bond donors (Lipinski definition) is 1. The highest BCUT2D eigenvalue weighted by Gasteiger charge is 2.27. The van der Waals surface area contributed by atoms with Gasteiger partial charge in [-0.15, -0.1) is 0 Å². The van der Waals surface area contributed by atoms with Gasteiger partial charge in [0.1, 0.15) is 11.2 Å². The van der Waals surface area contributed by atoms with E-state index in [1.54, 1.807) is 9.80 Å². The zero-order chi connectivity index (χ0) is 31.5. The van der Waals surface area contributed by atoms with Crippen LogP contribution in [0.1, 0.15) is 77.8 Å². The lowest BCUT2D eigenvalue weighted by Gasteiger charge is -2.33. The molecule has 7 nitrogen and oxygen atoms in total. The minimum absolute atomic E-state index is 0.202. The highest BCUT2D eigenvalue weighted by molar-refractivity contribution is 6.30. The molecule has 0 radical (unpaired) electrons. The summed E-state index contributed by atoms with van der Waals surface area (Å²) in [5.74, 6) is 0.506. The average molecular weight is 622 g/mol. The lowest BCUT2D eigenvalue weighted by molar-refractivity contribution is 0.0203. The fraction of sp³-hybridized carbons (Fsp3) is 0.515. The fourth-order valence-corrected chi connectivity index (χ4v) is 4.80. The highest BCUT2D eigenvalue weighted by atomic mass is 35.5. The molecule has 0 aromatic heterocycles. The van der Waals surface area contributed by atoms with Gasteiger partial charge in [-0.1, -0.05) is 53.5 Å². The van der Waals surface area contributed by atoms with Crippen LogP contribution in [0.3, 0.4) is 0 Å². The van der Waals surface area contributed by atoms with E-state index in [9.17, 15) is 9.59 Å². The van der Waals surface area contributed by atoms with Gasteiger partial charge in [0.05, 0.1) is 0 Å². The van der Waals surface area contributed by atoms with Crippen LogP contribution in [-0.2, 0) is 9.47 Å². The van der Waals surface area contributed by atoms with Crippen LogP contribution in [0.2, 0.25) is 10.0 Å². The van der Waals surface area contributed by atoms with Gasteiger partial charge >= 0.3 is 12.2 Å². The predicted octanol–water partition coefficient (Wildman–Crippen LogP) is 8.43. The number of halogens is 2. The van der Waals surface area contributed by atoms with Crippen LogP contribution in [0.15, 0.2) is 54.6 Å². The molecule has 1 saturated heterocycles. The summed E-state index contributed by atoms with van der Waals surface area (Å²) >= 11 is 11.8. The van der Waals surface area contributed by atoms with Crippen molar-refractivity contribution in [2.24, 2.45) is 0 Å². The second kappa shape index (κ2) is 16.2.